The van der Waals surface area contributed by atoms with Gasteiger partial charge in [0.2, 0.25) is 0 Å². The van der Waals surface area contributed by atoms with Crippen molar-refractivity contribution in [1.82, 2.24) is 9.80 Å². The average molecular weight is 408 g/mol. The minimum atomic E-state index is 0.178. The smallest absolute Gasteiger partial charge is 0.264 e. The molecule has 0 spiro atoms. The van der Waals surface area contributed by atoms with Crippen LogP contribution in [0.4, 0.5) is 0 Å². The highest BCUT2D eigenvalue weighted by Crippen LogP contribution is 2.34. The van der Waals surface area contributed by atoms with Gasteiger partial charge in [0.25, 0.3) is 5.91 Å². The van der Waals surface area contributed by atoms with Gasteiger partial charge in [-0.2, -0.15) is 0 Å². The Bertz CT molecular complexity index is 485. The highest BCUT2D eigenvalue weighted by molar-refractivity contribution is 9.13. The molecule has 104 valence electrons. The van der Waals surface area contributed by atoms with Crippen molar-refractivity contribution < 1.29 is 4.79 Å². The Morgan fingerprint density at radius 1 is 1.32 bits per heavy atom. The van der Waals surface area contributed by atoms with Gasteiger partial charge in [-0.1, -0.05) is 0 Å². The number of amides is 1. The predicted octanol–water partition coefficient (Wildman–Crippen LogP) is 3.58. The van der Waals surface area contributed by atoms with Gasteiger partial charge in [-0.15, -0.1) is 11.3 Å². The summed E-state index contributed by atoms with van der Waals surface area (Å²) in [4.78, 5) is 17.9. The molecule has 6 heteroatoms. The second-order valence-electron chi connectivity index (χ2n) is 5.32. The molecule has 2 saturated heterocycles. The number of likely N-dealkylation sites (N-methyl/N-ethyl adjacent to an activating group) is 1. The van der Waals surface area contributed by atoms with E-state index in [0.29, 0.717) is 12.1 Å². The fourth-order valence-electron chi connectivity index (χ4n) is 3.10. The van der Waals surface area contributed by atoms with Gasteiger partial charge in [-0.05, 0) is 64.2 Å². The summed E-state index contributed by atoms with van der Waals surface area (Å²) in [5.41, 5.74) is 0. The van der Waals surface area contributed by atoms with Crippen LogP contribution in [0.5, 0.6) is 0 Å². The number of hydrogen-bond donors (Lipinski definition) is 0. The van der Waals surface area contributed by atoms with Gasteiger partial charge in [-0.25, -0.2) is 0 Å². The first-order valence-electron chi connectivity index (χ1n) is 6.52. The molecule has 0 aliphatic carbocycles. The quantitative estimate of drug-likeness (QED) is 0.710. The summed E-state index contributed by atoms with van der Waals surface area (Å²) in [6.07, 6.45) is 3.62. The number of hydrogen-bond acceptors (Lipinski definition) is 3. The number of carbonyl (C=O) groups is 1. The molecule has 0 N–H and O–H groups in total. The number of carbonyl (C=O) groups excluding carboxylic acids is 1. The normalized spacial score (nSPS) is 27.6. The van der Waals surface area contributed by atoms with Crippen molar-refractivity contribution in [2.75, 3.05) is 20.1 Å². The summed E-state index contributed by atoms with van der Waals surface area (Å²) in [7, 11) is 2.20. The molecular weight excluding hydrogens is 392 g/mol. The van der Waals surface area contributed by atoms with Crippen LogP contribution >= 0.6 is 43.2 Å². The van der Waals surface area contributed by atoms with E-state index in [1.165, 1.54) is 24.2 Å². The number of thiophene rings is 1. The molecule has 19 heavy (non-hydrogen) atoms. The zero-order valence-electron chi connectivity index (χ0n) is 10.7. The molecule has 1 amide bonds. The van der Waals surface area contributed by atoms with Crippen molar-refractivity contribution in [3.63, 3.8) is 0 Å². The second kappa shape index (κ2) is 5.47. The van der Waals surface area contributed by atoms with E-state index in [9.17, 15) is 4.79 Å². The summed E-state index contributed by atoms with van der Waals surface area (Å²) in [5, 5.41) is 0. The lowest BCUT2D eigenvalue weighted by Gasteiger charge is -2.25. The molecule has 1 aromatic heterocycles. The molecule has 0 saturated carbocycles. The maximum Gasteiger partial charge on any atom is 0.264 e. The molecule has 0 radical (unpaired) electrons. The Balaban J connectivity index is 1.77. The topological polar surface area (TPSA) is 23.6 Å². The van der Waals surface area contributed by atoms with Gasteiger partial charge in [-0.3, -0.25) is 9.69 Å². The first kappa shape index (κ1) is 14.0. The van der Waals surface area contributed by atoms with Gasteiger partial charge in [0.1, 0.15) is 0 Å². The lowest BCUT2D eigenvalue weighted by Crippen LogP contribution is -2.39. The molecule has 2 bridgehead atoms. The Morgan fingerprint density at radius 2 is 2.05 bits per heavy atom. The summed E-state index contributed by atoms with van der Waals surface area (Å²) >= 11 is 8.42. The van der Waals surface area contributed by atoms with Crippen LogP contribution in [-0.4, -0.2) is 47.9 Å². The van der Waals surface area contributed by atoms with Crippen LogP contribution in [0.3, 0.4) is 0 Å². The minimum absolute atomic E-state index is 0.178. The lowest BCUT2D eigenvalue weighted by molar-refractivity contribution is 0.0745. The standard InChI is InChI=1S/C13H16Br2N2OS/c1-16-8-2-3-9(16)7-17(5-4-8)13(18)11-6-10(14)12(15)19-11/h6,8-9H,2-5,7H2,1H3. The molecule has 2 unspecified atom stereocenters. The number of halogens is 2. The third kappa shape index (κ3) is 2.64. The van der Waals surface area contributed by atoms with E-state index in [0.717, 1.165) is 32.6 Å². The summed E-state index contributed by atoms with van der Waals surface area (Å²) < 4.78 is 1.96. The van der Waals surface area contributed by atoms with Gasteiger partial charge in [0.05, 0.1) is 8.66 Å². The van der Waals surface area contributed by atoms with Crippen LogP contribution in [0.1, 0.15) is 28.9 Å². The van der Waals surface area contributed by atoms with Gasteiger partial charge >= 0.3 is 0 Å². The van der Waals surface area contributed by atoms with Crippen LogP contribution in [0, 0.1) is 0 Å². The molecule has 3 heterocycles. The van der Waals surface area contributed by atoms with Crippen LogP contribution < -0.4 is 0 Å². The van der Waals surface area contributed by atoms with E-state index in [1.54, 1.807) is 0 Å². The molecule has 2 aliphatic heterocycles. The number of likely N-dealkylation sites (tertiary alicyclic amines) is 1. The second-order valence-corrected chi connectivity index (χ2v) is 8.55. The largest absolute Gasteiger partial charge is 0.336 e. The van der Waals surface area contributed by atoms with E-state index in [-0.39, 0.29) is 5.91 Å². The van der Waals surface area contributed by atoms with E-state index in [4.69, 9.17) is 0 Å². The van der Waals surface area contributed by atoms with Crippen molar-refractivity contribution >= 4 is 49.1 Å². The molecule has 2 fully saturated rings. The number of rotatable bonds is 1. The van der Waals surface area contributed by atoms with Gasteiger partial charge < -0.3 is 4.90 Å². The van der Waals surface area contributed by atoms with E-state index in [2.05, 4.69) is 43.8 Å². The van der Waals surface area contributed by atoms with Crippen LogP contribution in [0.15, 0.2) is 14.3 Å². The van der Waals surface area contributed by atoms with E-state index in [1.807, 2.05) is 11.0 Å². The minimum Gasteiger partial charge on any atom is -0.336 e. The zero-order valence-corrected chi connectivity index (χ0v) is 14.7. The van der Waals surface area contributed by atoms with Crippen molar-refractivity contribution in [3.05, 3.63) is 19.2 Å². The molecule has 0 aromatic carbocycles. The molecule has 1 aromatic rings. The Labute approximate surface area is 134 Å². The van der Waals surface area contributed by atoms with Crippen molar-refractivity contribution in [1.29, 1.82) is 0 Å². The maximum atomic E-state index is 12.6. The molecule has 3 nitrogen and oxygen atoms in total. The Kier molecular flexibility index (Phi) is 4.04. The van der Waals surface area contributed by atoms with Gasteiger partial charge in [0, 0.05) is 29.6 Å². The average Bonchev–Trinajstić information content (AvgIpc) is 2.80. The Hall–Kier alpha value is 0.0900. The third-order valence-corrected chi connectivity index (χ3v) is 7.54. The van der Waals surface area contributed by atoms with Crippen molar-refractivity contribution in [3.8, 4) is 0 Å². The van der Waals surface area contributed by atoms with Crippen molar-refractivity contribution in [2.24, 2.45) is 0 Å². The molecule has 2 atom stereocenters. The Morgan fingerprint density at radius 3 is 2.74 bits per heavy atom. The number of fused-ring (bicyclic) bond motifs is 2. The molecular formula is C13H16Br2N2OS. The molecule has 2 aliphatic rings. The van der Waals surface area contributed by atoms with Crippen molar-refractivity contribution in [2.45, 2.75) is 31.3 Å². The number of nitrogens with zero attached hydrogens (tertiary/aromatic N) is 2. The zero-order chi connectivity index (χ0) is 13.6. The fraction of sp³-hybridized carbons (Fsp3) is 0.615. The fourth-order valence-corrected chi connectivity index (χ4v) is 5.10. The predicted molar refractivity (Wildman–Crippen MR) is 84.8 cm³/mol. The van der Waals surface area contributed by atoms with E-state index < -0.39 is 0 Å². The third-order valence-electron chi connectivity index (χ3n) is 4.29. The molecule has 3 rings (SSSR count). The van der Waals surface area contributed by atoms with Gasteiger partial charge in [0.15, 0.2) is 0 Å². The monoisotopic (exact) mass is 406 g/mol. The van der Waals surface area contributed by atoms with Crippen LogP contribution in [-0.2, 0) is 0 Å². The van der Waals surface area contributed by atoms with Crippen LogP contribution in [0.25, 0.3) is 0 Å². The highest BCUT2D eigenvalue weighted by Gasteiger charge is 2.36. The summed E-state index contributed by atoms with van der Waals surface area (Å²) in [5.74, 6) is 0.178. The van der Waals surface area contributed by atoms with Crippen LogP contribution in [0.2, 0.25) is 0 Å². The summed E-state index contributed by atoms with van der Waals surface area (Å²) in [6.45, 7) is 1.76. The lowest BCUT2D eigenvalue weighted by atomic mass is 10.1. The SMILES string of the molecule is CN1C2CCC1CN(C(=O)c1cc(Br)c(Br)s1)CC2. The first-order chi connectivity index (χ1) is 9.06. The first-order valence-corrected chi connectivity index (χ1v) is 8.92. The highest BCUT2D eigenvalue weighted by atomic mass is 79.9. The van der Waals surface area contributed by atoms with E-state index >= 15 is 0 Å². The maximum absolute atomic E-state index is 12.6. The summed E-state index contributed by atoms with van der Waals surface area (Å²) in [6, 6.07) is 3.14.